The Morgan fingerprint density at radius 2 is 1.96 bits per heavy atom. The minimum atomic E-state index is -0.527. The van der Waals surface area contributed by atoms with E-state index in [4.69, 9.17) is 14.3 Å². The van der Waals surface area contributed by atoms with Gasteiger partial charge in [0.25, 0.3) is 0 Å². The van der Waals surface area contributed by atoms with Crippen molar-refractivity contribution in [1.29, 1.82) is 0 Å². The molecule has 2 unspecified atom stereocenters. The van der Waals surface area contributed by atoms with Crippen LogP contribution in [0.4, 0.5) is 5.82 Å². The van der Waals surface area contributed by atoms with Gasteiger partial charge >= 0.3 is 17.6 Å². The van der Waals surface area contributed by atoms with Crippen molar-refractivity contribution in [1.82, 2.24) is 9.55 Å². The molecule has 1 N–H and O–H groups in total. The minimum absolute atomic E-state index is 0.140. The molecule has 1 aromatic heterocycles. The predicted molar refractivity (Wildman–Crippen MR) is 92.0 cm³/mol. The van der Waals surface area contributed by atoms with Crippen LogP contribution < -0.4 is 11.2 Å². The summed E-state index contributed by atoms with van der Waals surface area (Å²) in [5.74, 6) is -1.07. The van der Waals surface area contributed by atoms with Crippen molar-refractivity contribution in [3.63, 3.8) is 0 Å². The number of anilines is 1. The summed E-state index contributed by atoms with van der Waals surface area (Å²) in [6.07, 6.45) is 2.09. The van der Waals surface area contributed by atoms with Gasteiger partial charge in [0.15, 0.2) is 5.82 Å². The Labute approximate surface area is 151 Å². The van der Waals surface area contributed by atoms with Gasteiger partial charge in [-0.05, 0) is 12.8 Å². The number of rotatable bonds is 7. The molecule has 1 fully saturated rings. The number of carbonyl (C=O) groups excluding carboxylic acids is 2. The van der Waals surface area contributed by atoms with Crippen molar-refractivity contribution in [2.75, 3.05) is 12.1 Å². The molecule has 2 rings (SSSR count). The summed E-state index contributed by atoms with van der Waals surface area (Å²) in [6.45, 7) is 7.09. The molecule has 1 aliphatic heterocycles. The summed E-state index contributed by atoms with van der Waals surface area (Å²) >= 11 is 0. The van der Waals surface area contributed by atoms with Crippen molar-refractivity contribution in [3.05, 3.63) is 22.7 Å². The molecule has 0 amide bonds. The van der Waals surface area contributed by atoms with E-state index in [1.807, 2.05) is 0 Å². The lowest BCUT2D eigenvalue weighted by Gasteiger charge is -2.16. The Balaban J connectivity index is 1.90. The summed E-state index contributed by atoms with van der Waals surface area (Å²) in [7, 11) is 0. The zero-order chi connectivity index (χ0) is 19.3. The molecule has 0 bridgehead atoms. The zero-order valence-electron chi connectivity index (χ0n) is 15.4. The van der Waals surface area contributed by atoms with E-state index >= 15 is 0 Å². The van der Waals surface area contributed by atoms with Crippen molar-refractivity contribution in [2.24, 2.45) is 11.8 Å². The highest BCUT2D eigenvalue weighted by atomic mass is 16.7. The SMILES string of the molecule is CC(C)C(=O)OCC1CCC(n2ccc(NOC(=O)C(C)C)nc2=O)O1. The van der Waals surface area contributed by atoms with Crippen LogP contribution in [-0.4, -0.2) is 34.2 Å². The highest BCUT2D eigenvalue weighted by Crippen LogP contribution is 2.27. The second kappa shape index (κ2) is 8.79. The van der Waals surface area contributed by atoms with E-state index in [2.05, 4.69) is 10.5 Å². The Kier molecular flexibility index (Phi) is 6.73. The Bertz CT molecular complexity index is 700. The van der Waals surface area contributed by atoms with Gasteiger partial charge in [0.2, 0.25) is 0 Å². The van der Waals surface area contributed by atoms with Crippen molar-refractivity contribution in [3.8, 4) is 0 Å². The average Bonchev–Trinajstić information content (AvgIpc) is 3.05. The number of hydrogen-bond donors (Lipinski definition) is 1. The van der Waals surface area contributed by atoms with Gasteiger partial charge in [-0.15, -0.1) is 0 Å². The summed E-state index contributed by atoms with van der Waals surface area (Å²) < 4.78 is 12.3. The van der Waals surface area contributed by atoms with Crippen LogP contribution in [0.1, 0.15) is 46.8 Å². The maximum absolute atomic E-state index is 12.2. The minimum Gasteiger partial charge on any atom is -0.463 e. The first-order valence-corrected chi connectivity index (χ1v) is 8.66. The lowest BCUT2D eigenvalue weighted by molar-refractivity contribution is -0.152. The standard InChI is InChI=1S/C17H25N3O6/c1-10(2)15(21)24-9-12-5-6-14(25-12)20-8-7-13(18-17(20)23)19-26-16(22)11(3)4/h7-8,10-12,14H,5-6,9H2,1-4H3,(H,18,19,23). The quantitative estimate of drug-likeness (QED) is 0.572. The van der Waals surface area contributed by atoms with Crippen LogP contribution >= 0.6 is 0 Å². The molecule has 9 nitrogen and oxygen atoms in total. The van der Waals surface area contributed by atoms with Crippen LogP contribution in [0.25, 0.3) is 0 Å². The molecule has 0 aromatic carbocycles. The first kappa shape index (κ1) is 19.9. The second-order valence-corrected chi connectivity index (χ2v) is 6.76. The number of carbonyl (C=O) groups is 2. The van der Waals surface area contributed by atoms with E-state index < -0.39 is 17.9 Å². The highest BCUT2D eigenvalue weighted by molar-refractivity contribution is 5.72. The van der Waals surface area contributed by atoms with Gasteiger partial charge < -0.3 is 14.3 Å². The molecule has 1 aliphatic rings. The largest absolute Gasteiger partial charge is 0.463 e. The van der Waals surface area contributed by atoms with Gasteiger partial charge in [0, 0.05) is 12.3 Å². The molecule has 2 heterocycles. The van der Waals surface area contributed by atoms with E-state index in [0.29, 0.717) is 12.8 Å². The fourth-order valence-corrected chi connectivity index (χ4v) is 2.26. The molecule has 0 radical (unpaired) electrons. The molecule has 9 heteroatoms. The van der Waals surface area contributed by atoms with Crippen LogP contribution in [0.5, 0.6) is 0 Å². The van der Waals surface area contributed by atoms with Gasteiger partial charge in [-0.2, -0.15) is 4.98 Å². The van der Waals surface area contributed by atoms with Gasteiger partial charge in [0.1, 0.15) is 12.8 Å². The lowest BCUT2D eigenvalue weighted by atomic mass is 10.2. The number of nitrogens with one attached hydrogen (secondary N) is 1. The highest BCUT2D eigenvalue weighted by Gasteiger charge is 2.28. The van der Waals surface area contributed by atoms with Crippen molar-refractivity contribution < 1.29 is 23.9 Å². The third kappa shape index (κ3) is 5.29. The van der Waals surface area contributed by atoms with E-state index in [0.717, 1.165) is 0 Å². The number of ether oxygens (including phenoxy) is 2. The molecule has 1 saturated heterocycles. The van der Waals surface area contributed by atoms with E-state index in [1.54, 1.807) is 27.7 Å². The Morgan fingerprint density at radius 1 is 1.27 bits per heavy atom. The monoisotopic (exact) mass is 367 g/mol. The Hall–Kier alpha value is -2.42. The smallest absolute Gasteiger partial charge is 0.351 e. The van der Waals surface area contributed by atoms with E-state index in [9.17, 15) is 14.4 Å². The van der Waals surface area contributed by atoms with E-state index in [-0.39, 0.29) is 36.3 Å². The third-order valence-corrected chi connectivity index (χ3v) is 3.84. The summed E-state index contributed by atoms with van der Waals surface area (Å²) in [6, 6.07) is 1.52. The summed E-state index contributed by atoms with van der Waals surface area (Å²) in [5.41, 5.74) is 1.84. The zero-order valence-corrected chi connectivity index (χ0v) is 15.4. The van der Waals surface area contributed by atoms with E-state index in [1.165, 1.54) is 16.8 Å². The van der Waals surface area contributed by atoms with Crippen LogP contribution in [0.2, 0.25) is 0 Å². The first-order chi connectivity index (χ1) is 12.3. The van der Waals surface area contributed by atoms with Gasteiger partial charge in [-0.1, -0.05) is 27.7 Å². The number of aromatic nitrogens is 2. The van der Waals surface area contributed by atoms with Gasteiger partial charge in [-0.3, -0.25) is 9.36 Å². The topological polar surface area (TPSA) is 109 Å². The Morgan fingerprint density at radius 3 is 2.58 bits per heavy atom. The molecule has 0 aliphatic carbocycles. The summed E-state index contributed by atoms with van der Waals surface area (Å²) in [4.78, 5) is 43.7. The third-order valence-electron chi connectivity index (χ3n) is 3.84. The fraction of sp³-hybridized carbons (Fsp3) is 0.647. The lowest BCUT2D eigenvalue weighted by Crippen LogP contribution is -2.29. The van der Waals surface area contributed by atoms with Crippen molar-refractivity contribution in [2.45, 2.75) is 52.9 Å². The molecule has 0 saturated carbocycles. The fourth-order valence-electron chi connectivity index (χ4n) is 2.26. The van der Waals surface area contributed by atoms with Crippen LogP contribution in [0, 0.1) is 11.8 Å². The van der Waals surface area contributed by atoms with Crippen LogP contribution in [0.3, 0.4) is 0 Å². The predicted octanol–water partition coefficient (Wildman–Crippen LogP) is 1.65. The number of hydrogen-bond acceptors (Lipinski definition) is 8. The molecule has 2 atom stereocenters. The van der Waals surface area contributed by atoms with Gasteiger partial charge in [0.05, 0.1) is 17.9 Å². The van der Waals surface area contributed by atoms with Crippen LogP contribution in [-0.2, 0) is 23.9 Å². The second-order valence-electron chi connectivity index (χ2n) is 6.76. The maximum Gasteiger partial charge on any atom is 0.351 e. The molecular formula is C17H25N3O6. The first-order valence-electron chi connectivity index (χ1n) is 8.66. The molecular weight excluding hydrogens is 342 g/mol. The molecule has 144 valence electrons. The molecule has 0 spiro atoms. The van der Waals surface area contributed by atoms with Crippen molar-refractivity contribution >= 4 is 17.8 Å². The van der Waals surface area contributed by atoms with Crippen LogP contribution in [0.15, 0.2) is 17.1 Å². The molecule has 1 aromatic rings. The van der Waals surface area contributed by atoms with Gasteiger partial charge in [-0.25, -0.2) is 15.1 Å². The number of nitrogens with zero attached hydrogens (tertiary/aromatic N) is 2. The molecule has 26 heavy (non-hydrogen) atoms. The normalized spacial score (nSPS) is 19.6. The summed E-state index contributed by atoms with van der Waals surface area (Å²) in [5, 5.41) is 0. The maximum atomic E-state index is 12.2. The average molecular weight is 367 g/mol. The number of esters is 1.